The number of nitrogens with one attached hydrogen (secondary N) is 2. The van der Waals surface area contributed by atoms with Gasteiger partial charge in [0.2, 0.25) is 0 Å². The van der Waals surface area contributed by atoms with Crippen molar-refractivity contribution in [3.05, 3.63) is 34.9 Å². The summed E-state index contributed by atoms with van der Waals surface area (Å²) in [7, 11) is 1.74. The molecule has 1 saturated carbocycles. The van der Waals surface area contributed by atoms with E-state index in [-0.39, 0.29) is 24.4 Å². The summed E-state index contributed by atoms with van der Waals surface area (Å²) >= 11 is 0. The lowest BCUT2D eigenvalue weighted by Gasteiger charge is -2.13. The minimum Gasteiger partial charge on any atom is -0.381 e. The van der Waals surface area contributed by atoms with Gasteiger partial charge in [0.25, 0.3) is 5.91 Å². The predicted molar refractivity (Wildman–Crippen MR) is 80.1 cm³/mol. The highest BCUT2D eigenvalue weighted by atomic mass is 35.5. The van der Waals surface area contributed by atoms with E-state index in [1.165, 1.54) is 11.1 Å². The van der Waals surface area contributed by atoms with E-state index in [9.17, 15) is 4.79 Å². The van der Waals surface area contributed by atoms with Crippen LogP contribution in [0.25, 0.3) is 0 Å². The summed E-state index contributed by atoms with van der Waals surface area (Å²) < 4.78 is 5.33. The van der Waals surface area contributed by atoms with Gasteiger partial charge in [-0.05, 0) is 42.5 Å². The van der Waals surface area contributed by atoms with Crippen LogP contribution in [0.3, 0.4) is 0 Å². The molecule has 110 valence electrons. The molecule has 2 unspecified atom stereocenters. The molecule has 0 bridgehead atoms. The standard InChI is InChI=1S/C15H20N2O2.ClH/c1-19-14-5-4-13(7-14)17-15(18)10-2-3-11-8-16-9-12(11)6-10;/h2-3,6,13-14,16H,4-5,7-9H2,1H3,(H,17,18);1H. The summed E-state index contributed by atoms with van der Waals surface area (Å²) in [5.41, 5.74) is 3.31. The van der Waals surface area contributed by atoms with Crippen molar-refractivity contribution in [2.75, 3.05) is 7.11 Å². The molecule has 2 N–H and O–H groups in total. The van der Waals surface area contributed by atoms with E-state index in [0.717, 1.165) is 37.9 Å². The van der Waals surface area contributed by atoms with Crippen LogP contribution in [0.4, 0.5) is 0 Å². The normalized spacial score (nSPS) is 24.1. The van der Waals surface area contributed by atoms with Gasteiger partial charge in [0.15, 0.2) is 0 Å². The number of methoxy groups -OCH3 is 1. The molecule has 2 atom stereocenters. The maximum absolute atomic E-state index is 12.2. The number of benzene rings is 1. The second-order valence-corrected chi connectivity index (χ2v) is 5.43. The maximum Gasteiger partial charge on any atom is 0.251 e. The molecule has 20 heavy (non-hydrogen) atoms. The van der Waals surface area contributed by atoms with Crippen molar-refractivity contribution in [3.63, 3.8) is 0 Å². The summed E-state index contributed by atoms with van der Waals surface area (Å²) in [5, 5.41) is 6.40. The largest absolute Gasteiger partial charge is 0.381 e. The monoisotopic (exact) mass is 296 g/mol. The number of hydrogen-bond acceptors (Lipinski definition) is 3. The zero-order chi connectivity index (χ0) is 13.2. The van der Waals surface area contributed by atoms with Crippen molar-refractivity contribution in [1.82, 2.24) is 10.6 Å². The molecule has 3 rings (SSSR count). The zero-order valence-electron chi connectivity index (χ0n) is 11.6. The molecule has 0 radical (unpaired) electrons. The number of hydrogen-bond donors (Lipinski definition) is 2. The molecule has 4 nitrogen and oxygen atoms in total. The van der Waals surface area contributed by atoms with E-state index in [0.29, 0.717) is 6.10 Å². The van der Waals surface area contributed by atoms with Crippen LogP contribution >= 0.6 is 12.4 Å². The Balaban J connectivity index is 0.00000147. The summed E-state index contributed by atoms with van der Waals surface area (Å²) in [4.78, 5) is 12.2. The summed E-state index contributed by atoms with van der Waals surface area (Å²) in [6, 6.07) is 6.23. The molecule has 1 aliphatic heterocycles. The third kappa shape index (κ3) is 3.14. The first-order chi connectivity index (χ1) is 9.26. The SMILES string of the molecule is COC1CCC(NC(=O)c2ccc3c(c2)CNC3)C1.Cl. The van der Waals surface area contributed by atoms with E-state index in [2.05, 4.69) is 16.7 Å². The number of carbonyl (C=O) groups is 1. The summed E-state index contributed by atoms with van der Waals surface area (Å²) in [5.74, 6) is 0.0384. The Morgan fingerprint density at radius 1 is 1.30 bits per heavy atom. The van der Waals surface area contributed by atoms with E-state index in [1.807, 2.05) is 12.1 Å². The second kappa shape index (κ2) is 6.57. The molecule has 0 spiro atoms. The molecule has 1 aromatic rings. The van der Waals surface area contributed by atoms with Crippen LogP contribution in [0, 0.1) is 0 Å². The number of halogens is 1. The number of rotatable bonds is 3. The van der Waals surface area contributed by atoms with Crippen molar-refractivity contribution >= 4 is 18.3 Å². The van der Waals surface area contributed by atoms with E-state index < -0.39 is 0 Å². The van der Waals surface area contributed by atoms with E-state index in [1.54, 1.807) is 7.11 Å². The van der Waals surface area contributed by atoms with Gasteiger partial charge in [-0.1, -0.05) is 6.07 Å². The summed E-state index contributed by atoms with van der Waals surface area (Å²) in [6.07, 6.45) is 3.27. The quantitative estimate of drug-likeness (QED) is 0.897. The number of ether oxygens (including phenoxy) is 1. The van der Waals surface area contributed by atoms with Gasteiger partial charge in [0.1, 0.15) is 0 Å². The van der Waals surface area contributed by atoms with Crippen molar-refractivity contribution < 1.29 is 9.53 Å². The summed E-state index contributed by atoms with van der Waals surface area (Å²) in [6.45, 7) is 1.78. The Kier molecular flexibility index (Phi) is 5.02. The third-order valence-electron chi connectivity index (χ3n) is 4.15. The lowest BCUT2D eigenvalue weighted by molar-refractivity contribution is 0.0915. The van der Waals surface area contributed by atoms with Gasteiger partial charge >= 0.3 is 0 Å². The van der Waals surface area contributed by atoms with Crippen molar-refractivity contribution in [2.45, 2.75) is 44.5 Å². The average molecular weight is 297 g/mol. The number of carbonyl (C=O) groups excluding carboxylic acids is 1. The van der Waals surface area contributed by atoms with Gasteiger partial charge in [0.05, 0.1) is 6.10 Å². The zero-order valence-corrected chi connectivity index (χ0v) is 12.5. The number of amides is 1. The van der Waals surface area contributed by atoms with Gasteiger partial charge in [-0.2, -0.15) is 0 Å². The smallest absolute Gasteiger partial charge is 0.251 e. The van der Waals surface area contributed by atoms with Crippen LogP contribution in [0.15, 0.2) is 18.2 Å². The minimum absolute atomic E-state index is 0. The Bertz CT molecular complexity index is 493. The fraction of sp³-hybridized carbons (Fsp3) is 0.533. The lowest BCUT2D eigenvalue weighted by Crippen LogP contribution is -2.33. The fourth-order valence-electron chi connectivity index (χ4n) is 2.99. The van der Waals surface area contributed by atoms with E-state index in [4.69, 9.17) is 4.74 Å². The molecule has 2 aliphatic rings. The van der Waals surface area contributed by atoms with Gasteiger partial charge < -0.3 is 15.4 Å². The van der Waals surface area contributed by atoms with Crippen LogP contribution in [-0.2, 0) is 17.8 Å². The highest BCUT2D eigenvalue weighted by molar-refractivity contribution is 5.94. The number of fused-ring (bicyclic) bond motifs is 1. The van der Waals surface area contributed by atoms with Crippen LogP contribution in [0.5, 0.6) is 0 Å². The Morgan fingerprint density at radius 2 is 2.10 bits per heavy atom. The van der Waals surface area contributed by atoms with E-state index >= 15 is 0 Å². The molecule has 1 heterocycles. The molecule has 1 aliphatic carbocycles. The highest BCUT2D eigenvalue weighted by Gasteiger charge is 2.26. The molecule has 1 fully saturated rings. The van der Waals surface area contributed by atoms with Crippen molar-refractivity contribution in [1.29, 1.82) is 0 Å². The van der Waals surface area contributed by atoms with Crippen LogP contribution in [-0.4, -0.2) is 25.2 Å². The first-order valence-corrected chi connectivity index (χ1v) is 6.92. The van der Waals surface area contributed by atoms with Crippen LogP contribution in [0.2, 0.25) is 0 Å². The van der Waals surface area contributed by atoms with Crippen molar-refractivity contribution in [3.8, 4) is 0 Å². The lowest BCUT2D eigenvalue weighted by atomic mass is 10.1. The first-order valence-electron chi connectivity index (χ1n) is 6.92. The van der Waals surface area contributed by atoms with Crippen molar-refractivity contribution in [2.24, 2.45) is 0 Å². The van der Waals surface area contributed by atoms with Gasteiger partial charge in [0, 0.05) is 31.8 Å². The molecule has 1 amide bonds. The maximum atomic E-state index is 12.2. The molecule has 5 heteroatoms. The first kappa shape index (κ1) is 15.3. The molecule has 0 aromatic heterocycles. The third-order valence-corrected chi connectivity index (χ3v) is 4.15. The van der Waals surface area contributed by atoms with Crippen LogP contribution < -0.4 is 10.6 Å². The Hall–Kier alpha value is -1.10. The average Bonchev–Trinajstić information content (AvgIpc) is 3.05. The second-order valence-electron chi connectivity index (χ2n) is 5.43. The van der Waals surface area contributed by atoms with Gasteiger partial charge in [-0.15, -0.1) is 12.4 Å². The Morgan fingerprint density at radius 3 is 2.85 bits per heavy atom. The topological polar surface area (TPSA) is 50.4 Å². The predicted octanol–water partition coefficient (Wildman–Crippen LogP) is 2.01. The fourth-order valence-corrected chi connectivity index (χ4v) is 2.99. The Labute approximate surface area is 125 Å². The van der Waals surface area contributed by atoms with Gasteiger partial charge in [-0.3, -0.25) is 4.79 Å². The van der Waals surface area contributed by atoms with Crippen LogP contribution in [0.1, 0.15) is 40.7 Å². The molecule has 1 aromatic carbocycles. The molecule has 0 saturated heterocycles. The minimum atomic E-state index is 0. The molecular weight excluding hydrogens is 276 g/mol. The highest BCUT2D eigenvalue weighted by Crippen LogP contribution is 2.22. The molecular formula is C15H21ClN2O2. The van der Waals surface area contributed by atoms with Gasteiger partial charge in [-0.25, -0.2) is 0 Å².